The molecular weight excluding hydrogens is 262 g/mol. The van der Waals surface area contributed by atoms with Crippen molar-refractivity contribution >= 4 is 17.6 Å². The lowest BCUT2D eigenvalue weighted by molar-refractivity contribution is 0.0695. The van der Waals surface area contributed by atoms with Crippen molar-refractivity contribution in [1.29, 1.82) is 0 Å². The molecule has 0 saturated heterocycles. The van der Waals surface area contributed by atoms with Crippen LogP contribution in [0.25, 0.3) is 0 Å². The van der Waals surface area contributed by atoms with Crippen LogP contribution in [-0.4, -0.2) is 16.1 Å². The van der Waals surface area contributed by atoms with Crippen LogP contribution < -0.4 is 0 Å². The van der Waals surface area contributed by atoms with Gasteiger partial charge in [-0.05, 0) is 48.6 Å². The minimum absolute atomic E-state index is 0.320. The number of aromatic nitrogens is 1. The number of pyridine rings is 1. The van der Waals surface area contributed by atoms with E-state index in [0.717, 1.165) is 28.1 Å². The number of benzene rings is 1. The van der Waals surface area contributed by atoms with E-state index in [2.05, 4.69) is 4.98 Å². The quantitative estimate of drug-likeness (QED) is 0.929. The van der Waals surface area contributed by atoms with Gasteiger partial charge in [-0.2, -0.15) is 0 Å². The zero-order valence-electron chi connectivity index (χ0n) is 10.6. The molecule has 1 N–H and O–H groups in total. The number of carbonyl (C=O) groups is 1. The number of hydrogen-bond donors (Lipinski definition) is 1. The molecule has 98 valence electrons. The summed E-state index contributed by atoms with van der Waals surface area (Å²) < 4.78 is 0. The Morgan fingerprint density at radius 2 is 2.11 bits per heavy atom. The predicted molar refractivity (Wildman–Crippen MR) is 74.8 cm³/mol. The normalized spacial score (nSPS) is 10.4. The first-order chi connectivity index (χ1) is 9.08. The first-order valence-corrected chi connectivity index (χ1v) is 6.37. The first kappa shape index (κ1) is 13.6. The Hall–Kier alpha value is -1.87. The number of aryl methyl sites for hydroxylation is 3. The molecule has 1 aromatic heterocycles. The maximum absolute atomic E-state index is 11.1. The van der Waals surface area contributed by atoms with E-state index in [1.165, 1.54) is 12.3 Å². The van der Waals surface area contributed by atoms with Gasteiger partial charge in [0.1, 0.15) is 0 Å². The second-order valence-corrected chi connectivity index (χ2v) is 4.83. The predicted octanol–water partition coefficient (Wildman–Crippen LogP) is 3.53. The van der Waals surface area contributed by atoms with Gasteiger partial charge >= 0.3 is 5.97 Å². The Morgan fingerprint density at radius 1 is 1.32 bits per heavy atom. The fraction of sp³-hybridized carbons (Fsp3) is 0.200. The monoisotopic (exact) mass is 275 g/mol. The molecule has 0 amide bonds. The summed E-state index contributed by atoms with van der Waals surface area (Å²) in [5.74, 6) is -0.912. The minimum Gasteiger partial charge on any atom is -0.478 e. The standard InChI is InChI=1S/C15H14ClNO2/c1-10-8-11(3-5-14(10)16)2-4-12-9-17-7-6-13(12)15(18)19/h3,5-9H,2,4H2,1H3,(H,18,19). The fourth-order valence-corrected chi connectivity index (χ4v) is 2.09. The van der Waals surface area contributed by atoms with Crippen molar-refractivity contribution < 1.29 is 9.90 Å². The molecule has 0 atom stereocenters. The van der Waals surface area contributed by atoms with Crippen LogP contribution in [-0.2, 0) is 12.8 Å². The maximum atomic E-state index is 11.1. The smallest absolute Gasteiger partial charge is 0.336 e. The van der Waals surface area contributed by atoms with Crippen molar-refractivity contribution in [1.82, 2.24) is 4.98 Å². The molecule has 0 saturated carbocycles. The van der Waals surface area contributed by atoms with E-state index in [1.807, 2.05) is 25.1 Å². The third-order valence-electron chi connectivity index (χ3n) is 3.04. The summed E-state index contributed by atoms with van der Waals surface area (Å²) in [5.41, 5.74) is 3.24. The Morgan fingerprint density at radius 3 is 2.79 bits per heavy atom. The molecule has 0 aliphatic rings. The molecule has 2 rings (SSSR count). The van der Waals surface area contributed by atoms with E-state index in [-0.39, 0.29) is 0 Å². The van der Waals surface area contributed by atoms with Gasteiger partial charge in [0, 0.05) is 17.4 Å². The molecule has 0 bridgehead atoms. The van der Waals surface area contributed by atoms with Gasteiger partial charge < -0.3 is 5.11 Å². The molecule has 0 aliphatic heterocycles. The molecule has 0 fully saturated rings. The first-order valence-electron chi connectivity index (χ1n) is 5.99. The number of nitrogens with zero attached hydrogens (tertiary/aromatic N) is 1. The zero-order chi connectivity index (χ0) is 13.8. The summed E-state index contributed by atoms with van der Waals surface area (Å²) in [6.07, 6.45) is 4.53. The average Bonchev–Trinajstić information content (AvgIpc) is 2.40. The zero-order valence-corrected chi connectivity index (χ0v) is 11.3. The summed E-state index contributed by atoms with van der Waals surface area (Å²) in [6.45, 7) is 1.96. The highest BCUT2D eigenvalue weighted by molar-refractivity contribution is 6.31. The molecular formula is C15H14ClNO2. The molecule has 0 radical (unpaired) electrons. The largest absolute Gasteiger partial charge is 0.478 e. The van der Waals surface area contributed by atoms with Crippen LogP contribution in [0.2, 0.25) is 5.02 Å². The fourth-order valence-electron chi connectivity index (χ4n) is 1.98. The van der Waals surface area contributed by atoms with Crippen molar-refractivity contribution in [3.8, 4) is 0 Å². The van der Waals surface area contributed by atoms with Crippen LogP contribution in [0.1, 0.15) is 27.0 Å². The van der Waals surface area contributed by atoms with Crippen LogP contribution in [0.5, 0.6) is 0 Å². The van der Waals surface area contributed by atoms with Gasteiger partial charge in [0.05, 0.1) is 5.56 Å². The average molecular weight is 276 g/mol. The van der Waals surface area contributed by atoms with Gasteiger partial charge in [-0.15, -0.1) is 0 Å². The maximum Gasteiger partial charge on any atom is 0.336 e. The SMILES string of the molecule is Cc1cc(CCc2cnccc2C(=O)O)ccc1Cl. The molecule has 0 aliphatic carbocycles. The highest BCUT2D eigenvalue weighted by Crippen LogP contribution is 2.18. The lowest BCUT2D eigenvalue weighted by atomic mass is 10.0. The van der Waals surface area contributed by atoms with Gasteiger partial charge in [0.15, 0.2) is 0 Å². The third kappa shape index (κ3) is 3.32. The minimum atomic E-state index is -0.912. The summed E-state index contributed by atoms with van der Waals surface area (Å²) in [6, 6.07) is 7.39. The number of carboxylic acids is 1. The molecule has 4 heteroatoms. The number of carboxylic acid groups (broad SMARTS) is 1. The van der Waals surface area contributed by atoms with Gasteiger partial charge in [-0.1, -0.05) is 23.7 Å². The summed E-state index contributed by atoms with van der Waals surface area (Å²) >= 11 is 5.98. The Balaban J connectivity index is 2.14. The van der Waals surface area contributed by atoms with Gasteiger partial charge in [-0.3, -0.25) is 4.98 Å². The van der Waals surface area contributed by atoms with Crippen LogP contribution in [0.3, 0.4) is 0 Å². The number of rotatable bonds is 4. The van der Waals surface area contributed by atoms with Crippen LogP contribution in [0, 0.1) is 6.92 Å². The van der Waals surface area contributed by atoms with Gasteiger partial charge in [0.2, 0.25) is 0 Å². The lowest BCUT2D eigenvalue weighted by Crippen LogP contribution is -2.04. The Kier molecular flexibility index (Phi) is 4.17. The van der Waals surface area contributed by atoms with Crippen LogP contribution in [0.15, 0.2) is 36.7 Å². The number of hydrogen-bond acceptors (Lipinski definition) is 2. The molecule has 19 heavy (non-hydrogen) atoms. The van der Waals surface area contributed by atoms with Crippen molar-refractivity contribution in [3.63, 3.8) is 0 Å². The highest BCUT2D eigenvalue weighted by atomic mass is 35.5. The number of aromatic carboxylic acids is 1. The van der Waals surface area contributed by atoms with Gasteiger partial charge in [0.25, 0.3) is 0 Å². The Bertz CT molecular complexity index is 611. The third-order valence-corrected chi connectivity index (χ3v) is 3.46. The Labute approximate surface area is 116 Å². The number of halogens is 1. The van der Waals surface area contributed by atoms with Crippen LogP contribution >= 0.6 is 11.6 Å². The van der Waals surface area contributed by atoms with E-state index >= 15 is 0 Å². The van der Waals surface area contributed by atoms with Crippen molar-refractivity contribution in [2.75, 3.05) is 0 Å². The molecule has 2 aromatic rings. The lowest BCUT2D eigenvalue weighted by Gasteiger charge is -2.06. The molecule has 0 unspecified atom stereocenters. The van der Waals surface area contributed by atoms with E-state index < -0.39 is 5.97 Å². The van der Waals surface area contributed by atoms with E-state index in [1.54, 1.807) is 6.20 Å². The molecule has 3 nitrogen and oxygen atoms in total. The van der Waals surface area contributed by atoms with E-state index in [4.69, 9.17) is 16.7 Å². The molecule has 1 aromatic carbocycles. The van der Waals surface area contributed by atoms with Crippen molar-refractivity contribution in [2.24, 2.45) is 0 Å². The highest BCUT2D eigenvalue weighted by Gasteiger charge is 2.09. The summed E-state index contributed by atoms with van der Waals surface area (Å²) in [5, 5.41) is 9.84. The summed E-state index contributed by atoms with van der Waals surface area (Å²) in [4.78, 5) is 15.1. The summed E-state index contributed by atoms with van der Waals surface area (Å²) in [7, 11) is 0. The van der Waals surface area contributed by atoms with Crippen LogP contribution in [0.4, 0.5) is 0 Å². The van der Waals surface area contributed by atoms with Gasteiger partial charge in [-0.25, -0.2) is 4.79 Å². The second-order valence-electron chi connectivity index (χ2n) is 4.42. The second kappa shape index (κ2) is 5.85. The molecule has 1 heterocycles. The van der Waals surface area contributed by atoms with Crippen molar-refractivity contribution in [2.45, 2.75) is 19.8 Å². The molecule has 0 spiro atoms. The van der Waals surface area contributed by atoms with Crippen molar-refractivity contribution in [3.05, 3.63) is 63.9 Å². The van der Waals surface area contributed by atoms with E-state index in [9.17, 15) is 4.79 Å². The topological polar surface area (TPSA) is 50.2 Å². The van der Waals surface area contributed by atoms with E-state index in [0.29, 0.717) is 12.0 Å².